The molecule has 1 amide bonds. The summed E-state index contributed by atoms with van der Waals surface area (Å²) >= 11 is 1.60. The normalized spacial score (nSPS) is 13.3. The highest BCUT2D eigenvalue weighted by Crippen LogP contribution is 2.23. The van der Waals surface area contributed by atoms with E-state index in [2.05, 4.69) is 31.4 Å². The predicted molar refractivity (Wildman–Crippen MR) is 80.4 cm³/mol. The molecule has 0 aromatic carbocycles. The van der Waals surface area contributed by atoms with Crippen molar-refractivity contribution < 1.29 is 9.90 Å². The molecule has 5 heteroatoms. The zero-order valence-corrected chi connectivity index (χ0v) is 12.9. The summed E-state index contributed by atoms with van der Waals surface area (Å²) in [6.07, 6.45) is 0.424. The van der Waals surface area contributed by atoms with E-state index in [1.165, 1.54) is 6.92 Å². The van der Waals surface area contributed by atoms with Crippen LogP contribution in [0.3, 0.4) is 0 Å². The number of rotatable bonds is 6. The van der Waals surface area contributed by atoms with Gasteiger partial charge in [0.15, 0.2) is 0 Å². The lowest BCUT2D eigenvalue weighted by molar-refractivity contribution is -0.114. The first kappa shape index (κ1) is 16.1. The maximum Gasteiger partial charge on any atom is 0.221 e. The lowest BCUT2D eigenvalue weighted by Gasteiger charge is -2.22. The van der Waals surface area contributed by atoms with Crippen LogP contribution in [-0.2, 0) is 11.3 Å². The number of nitrogens with one attached hydrogen (secondary N) is 2. The molecule has 1 aromatic rings. The van der Waals surface area contributed by atoms with Crippen LogP contribution in [0.5, 0.6) is 0 Å². The largest absolute Gasteiger partial charge is 0.392 e. The van der Waals surface area contributed by atoms with Gasteiger partial charge >= 0.3 is 0 Å². The van der Waals surface area contributed by atoms with Crippen LogP contribution < -0.4 is 10.6 Å². The molecule has 0 bridgehead atoms. The van der Waals surface area contributed by atoms with E-state index < -0.39 is 0 Å². The minimum absolute atomic E-state index is 0.0626. The molecular weight excluding hydrogens is 260 g/mol. The second-order valence-electron chi connectivity index (χ2n) is 5.99. The molecule has 0 saturated carbocycles. The first-order valence-corrected chi connectivity index (χ1v) is 7.38. The average Bonchev–Trinajstić information content (AvgIpc) is 2.62. The number of hydrogen-bond acceptors (Lipinski definition) is 4. The van der Waals surface area contributed by atoms with Crippen molar-refractivity contribution in [3.63, 3.8) is 0 Å². The smallest absolute Gasteiger partial charge is 0.221 e. The topological polar surface area (TPSA) is 61.4 Å². The van der Waals surface area contributed by atoms with Gasteiger partial charge < -0.3 is 15.7 Å². The second kappa shape index (κ2) is 7.03. The van der Waals surface area contributed by atoms with Crippen molar-refractivity contribution in [2.75, 3.05) is 11.9 Å². The molecule has 4 nitrogen and oxygen atoms in total. The van der Waals surface area contributed by atoms with Crippen molar-refractivity contribution in [1.82, 2.24) is 5.32 Å². The minimum Gasteiger partial charge on any atom is -0.392 e. The highest BCUT2D eigenvalue weighted by molar-refractivity contribution is 7.10. The van der Waals surface area contributed by atoms with Gasteiger partial charge in [-0.1, -0.05) is 20.8 Å². The maximum atomic E-state index is 11.0. The first-order chi connectivity index (χ1) is 8.78. The van der Waals surface area contributed by atoms with E-state index in [1.54, 1.807) is 11.3 Å². The Morgan fingerprint density at radius 1 is 1.47 bits per heavy atom. The molecule has 1 unspecified atom stereocenters. The lowest BCUT2D eigenvalue weighted by Crippen LogP contribution is -2.29. The maximum absolute atomic E-state index is 11.0. The van der Waals surface area contributed by atoms with Crippen molar-refractivity contribution in [3.05, 3.63) is 16.3 Å². The van der Waals surface area contributed by atoms with Crippen LogP contribution in [0.2, 0.25) is 0 Å². The van der Waals surface area contributed by atoms with Crippen molar-refractivity contribution >= 4 is 22.9 Å². The highest BCUT2D eigenvalue weighted by atomic mass is 32.1. The number of hydrogen-bond donors (Lipinski definition) is 3. The van der Waals surface area contributed by atoms with E-state index in [0.717, 1.165) is 17.0 Å². The van der Waals surface area contributed by atoms with E-state index >= 15 is 0 Å². The van der Waals surface area contributed by atoms with Gasteiger partial charge in [0.2, 0.25) is 5.91 Å². The Labute approximate surface area is 119 Å². The van der Waals surface area contributed by atoms with Gasteiger partial charge in [0.05, 0.1) is 11.8 Å². The third kappa shape index (κ3) is 6.71. The molecule has 0 aliphatic heterocycles. The van der Waals surface area contributed by atoms with E-state index in [1.807, 2.05) is 11.4 Å². The van der Waals surface area contributed by atoms with Crippen LogP contribution in [0.1, 0.15) is 39.0 Å². The molecule has 0 aliphatic rings. The van der Waals surface area contributed by atoms with Gasteiger partial charge in [-0.25, -0.2) is 0 Å². The summed E-state index contributed by atoms with van der Waals surface area (Å²) in [6.45, 7) is 9.07. The Bertz CT molecular complexity index is 410. The molecule has 0 fully saturated rings. The van der Waals surface area contributed by atoms with Crippen LogP contribution in [0.15, 0.2) is 11.4 Å². The zero-order valence-electron chi connectivity index (χ0n) is 12.1. The molecule has 1 aromatic heterocycles. The fraction of sp³-hybridized carbons (Fsp3) is 0.643. The molecule has 3 N–H and O–H groups in total. The molecule has 0 spiro atoms. The van der Waals surface area contributed by atoms with E-state index in [-0.39, 0.29) is 17.4 Å². The summed E-state index contributed by atoms with van der Waals surface area (Å²) in [7, 11) is 0. The van der Waals surface area contributed by atoms with Gasteiger partial charge in [0, 0.05) is 24.9 Å². The van der Waals surface area contributed by atoms with Crippen LogP contribution in [0, 0.1) is 5.41 Å². The van der Waals surface area contributed by atoms with Crippen LogP contribution in [0.4, 0.5) is 5.69 Å². The summed E-state index contributed by atoms with van der Waals surface area (Å²) in [6, 6.07) is 1.90. The molecule has 108 valence electrons. The Morgan fingerprint density at radius 2 is 2.16 bits per heavy atom. The summed E-state index contributed by atoms with van der Waals surface area (Å²) < 4.78 is 0. The highest BCUT2D eigenvalue weighted by Gasteiger charge is 2.16. The third-order valence-electron chi connectivity index (χ3n) is 2.57. The van der Waals surface area contributed by atoms with Gasteiger partial charge in [-0.2, -0.15) is 0 Å². The Kier molecular flexibility index (Phi) is 5.97. The first-order valence-electron chi connectivity index (χ1n) is 6.50. The number of carbonyl (C=O) groups excluding carboxylic acids is 1. The van der Waals surface area contributed by atoms with Gasteiger partial charge in [-0.15, -0.1) is 11.3 Å². The molecule has 1 heterocycles. The van der Waals surface area contributed by atoms with Crippen molar-refractivity contribution in [3.8, 4) is 0 Å². The summed E-state index contributed by atoms with van der Waals surface area (Å²) in [5.74, 6) is -0.0626. The van der Waals surface area contributed by atoms with Gasteiger partial charge in [-0.05, 0) is 23.3 Å². The standard InChI is InChI=1S/C14H24N2O2S/c1-10(17)16-12-5-6-19-13(12)9-15-8-11(18)7-14(2,3)4/h5-6,11,15,18H,7-9H2,1-4H3,(H,16,17). The predicted octanol–water partition coefficient (Wildman–Crippen LogP) is 2.59. The molecule has 1 atom stereocenters. The average molecular weight is 284 g/mol. The molecular formula is C14H24N2O2S. The van der Waals surface area contributed by atoms with Gasteiger partial charge in [-0.3, -0.25) is 4.79 Å². The molecule has 1 rings (SSSR count). The van der Waals surface area contributed by atoms with Crippen LogP contribution in [-0.4, -0.2) is 23.7 Å². The van der Waals surface area contributed by atoms with Crippen LogP contribution >= 0.6 is 11.3 Å². The molecule has 0 saturated heterocycles. The molecule has 0 radical (unpaired) electrons. The molecule has 0 aliphatic carbocycles. The minimum atomic E-state index is -0.343. The fourth-order valence-corrected chi connectivity index (χ4v) is 2.71. The van der Waals surface area contributed by atoms with Crippen molar-refractivity contribution in [2.24, 2.45) is 5.41 Å². The number of aliphatic hydroxyl groups is 1. The van der Waals surface area contributed by atoms with E-state index in [4.69, 9.17) is 0 Å². The second-order valence-corrected chi connectivity index (χ2v) is 6.99. The fourth-order valence-electron chi connectivity index (χ4n) is 1.91. The summed E-state index contributed by atoms with van der Waals surface area (Å²) in [4.78, 5) is 12.1. The number of anilines is 1. The van der Waals surface area contributed by atoms with Gasteiger partial charge in [0.1, 0.15) is 0 Å². The zero-order chi connectivity index (χ0) is 14.5. The number of carbonyl (C=O) groups is 1. The Balaban J connectivity index is 2.37. The van der Waals surface area contributed by atoms with Crippen molar-refractivity contribution in [2.45, 2.75) is 46.8 Å². The van der Waals surface area contributed by atoms with E-state index in [0.29, 0.717) is 13.1 Å². The van der Waals surface area contributed by atoms with Crippen molar-refractivity contribution in [1.29, 1.82) is 0 Å². The number of thiophene rings is 1. The number of amides is 1. The van der Waals surface area contributed by atoms with E-state index in [9.17, 15) is 9.90 Å². The quantitative estimate of drug-likeness (QED) is 0.752. The Hall–Kier alpha value is -0.910. The summed E-state index contributed by atoms with van der Waals surface area (Å²) in [5, 5.41) is 17.9. The van der Waals surface area contributed by atoms with Gasteiger partial charge in [0.25, 0.3) is 0 Å². The monoisotopic (exact) mass is 284 g/mol. The lowest BCUT2D eigenvalue weighted by atomic mass is 9.89. The third-order valence-corrected chi connectivity index (χ3v) is 3.49. The Morgan fingerprint density at radius 3 is 2.74 bits per heavy atom. The molecule has 19 heavy (non-hydrogen) atoms. The number of aliphatic hydroxyl groups excluding tert-OH is 1. The SMILES string of the molecule is CC(=O)Nc1ccsc1CNCC(O)CC(C)(C)C. The summed E-state index contributed by atoms with van der Waals surface area (Å²) in [5.41, 5.74) is 0.987. The van der Waals surface area contributed by atoms with Crippen LogP contribution in [0.25, 0.3) is 0 Å².